The zero-order valence-corrected chi connectivity index (χ0v) is 17.0. The average Bonchev–Trinajstić information content (AvgIpc) is 3.13. The van der Waals surface area contributed by atoms with E-state index in [1.807, 2.05) is 60.7 Å². The molecule has 29 heavy (non-hydrogen) atoms. The van der Waals surface area contributed by atoms with Crippen molar-refractivity contribution in [3.05, 3.63) is 65.2 Å². The van der Waals surface area contributed by atoms with Crippen molar-refractivity contribution in [1.29, 1.82) is 0 Å². The third-order valence-electron chi connectivity index (χ3n) is 5.20. The van der Waals surface area contributed by atoms with Gasteiger partial charge in [0.15, 0.2) is 12.1 Å². The lowest BCUT2D eigenvalue weighted by atomic mass is 9.94. The van der Waals surface area contributed by atoms with Crippen LogP contribution in [0.15, 0.2) is 54.6 Å². The van der Waals surface area contributed by atoms with E-state index in [4.69, 9.17) is 25.8 Å². The summed E-state index contributed by atoms with van der Waals surface area (Å²) in [6.07, 6.45) is 2.48. The molecular formula is C23H23ClO5. The molecule has 0 unspecified atom stereocenters. The Bertz CT molecular complexity index is 904. The van der Waals surface area contributed by atoms with E-state index in [9.17, 15) is 9.90 Å². The van der Waals surface area contributed by atoms with Crippen molar-refractivity contribution in [1.82, 2.24) is 0 Å². The Morgan fingerprint density at radius 1 is 1.07 bits per heavy atom. The number of ether oxygens (including phenoxy) is 3. The fourth-order valence-corrected chi connectivity index (χ4v) is 3.98. The van der Waals surface area contributed by atoms with Crippen LogP contribution in [0.2, 0.25) is 5.02 Å². The molecule has 0 bridgehead atoms. The SMILES string of the molecule is CC1(C)O[C@H]2O[C@H](/C=C/c3ccc(-c4ccc(Cl)cc4)cc3)[C@@H](CC(=O)O)[C@H]2O1. The number of fused-ring (bicyclic) bond motifs is 1. The smallest absolute Gasteiger partial charge is 0.303 e. The molecule has 152 valence electrons. The van der Waals surface area contributed by atoms with Crippen molar-refractivity contribution in [2.24, 2.45) is 5.92 Å². The van der Waals surface area contributed by atoms with Crippen molar-refractivity contribution in [2.75, 3.05) is 0 Å². The quantitative estimate of drug-likeness (QED) is 0.746. The van der Waals surface area contributed by atoms with Crippen LogP contribution >= 0.6 is 11.6 Å². The van der Waals surface area contributed by atoms with Gasteiger partial charge in [0.1, 0.15) is 6.10 Å². The molecular weight excluding hydrogens is 392 g/mol. The third kappa shape index (κ3) is 4.54. The van der Waals surface area contributed by atoms with Crippen molar-refractivity contribution in [3.63, 3.8) is 0 Å². The fraction of sp³-hybridized carbons (Fsp3) is 0.348. The van der Waals surface area contributed by atoms with E-state index in [0.717, 1.165) is 16.7 Å². The van der Waals surface area contributed by atoms with Crippen LogP contribution in [-0.2, 0) is 19.0 Å². The topological polar surface area (TPSA) is 65.0 Å². The van der Waals surface area contributed by atoms with Crippen LogP contribution in [0, 0.1) is 5.92 Å². The van der Waals surface area contributed by atoms with Crippen LogP contribution in [0.5, 0.6) is 0 Å². The highest BCUT2D eigenvalue weighted by molar-refractivity contribution is 6.30. The summed E-state index contributed by atoms with van der Waals surface area (Å²) < 4.78 is 17.6. The zero-order valence-electron chi connectivity index (χ0n) is 16.2. The van der Waals surface area contributed by atoms with Gasteiger partial charge in [-0.25, -0.2) is 0 Å². The van der Waals surface area contributed by atoms with Crippen LogP contribution in [0.1, 0.15) is 25.8 Å². The van der Waals surface area contributed by atoms with Crippen molar-refractivity contribution < 1.29 is 24.1 Å². The number of benzene rings is 2. The molecule has 2 aliphatic rings. The number of carbonyl (C=O) groups is 1. The van der Waals surface area contributed by atoms with Gasteiger partial charge in [0.05, 0.1) is 12.5 Å². The van der Waals surface area contributed by atoms with Gasteiger partial charge in [-0.1, -0.05) is 60.2 Å². The van der Waals surface area contributed by atoms with Gasteiger partial charge in [-0.3, -0.25) is 4.79 Å². The van der Waals surface area contributed by atoms with Crippen LogP contribution < -0.4 is 0 Å². The summed E-state index contributed by atoms with van der Waals surface area (Å²) in [5.41, 5.74) is 3.19. The van der Waals surface area contributed by atoms with Gasteiger partial charge in [0, 0.05) is 10.9 Å². The zero-order chi connectivity index (χ0) is 20.6. The van der Waals surface area contributed by atoms with Crippen LogP contribution in [0.4, 0.5) is 0 Å². The fourth-order valence-electron chi connectivity index (χ4n) is 3.85. The summed E-state index contributed by atoms with van der Waals surface area (Å²) in [7, 11) is 0. The predicted molar refractivity (Wildman–Crippen MR) is 110 cm³/mol. The minimum absolute atomic E-state index is 0.0366. The third-order valence-corrected chi connectivity index (χ3v) is 5.45. The minimum atomic E-state index is -0.877. The van der Waals surface area contributed by atoms with Crippen molar-refractivity contribution in [3.8, 4) is 11.1 Å². The maximum absolute atomic E-state index is 11.3. The van der Waals surface area contributed by atoms with Gasteiger partial charge < -0.3 is 19.3 Å². The number of aliphatic carboxylic acids is 1. The van der Waals surface area contributed by atoms with E-state index in [-0.39, 0.29) is 24.5 Å². The Morgan fingerprint density at radius 2 is 1.69 bits per heavy atom. The molecule has 0 aromatic heterocycles. The lowest BCUT2D eigenvalue weighted by Crippen LogP contribution is -2.31. The highest BCUT2D eigenvalue weighted by Gasteiger charge is 2.54. The molecule has 6 heteroatoms. The van der Waals surface area contributed by atoms with Crippen LogP contribution in [0.25, 0.3) is 17.2 Å². The molecule has 5 nitrogen and oxygen atoms in total. The van der Waals surface area contributed by atoms with Gasteiger partial charge in [-0.05, 0) is 42.7 Å². The van der Waals surface area contributed by atoms with E-state index in [2.05, 4.69) is 0 Å². The number of hydrogen-bond donors (Lipinski definition) is 1. The molecule has 2 fully saturated rings. The second-order valence-electron chi connectivity index (χ2n) is 7.82. The Balaban J connectivity index is 1.47. The molecule has 2 heterocycles. The number of rotatable bonds is 5. The molecule has 0 aliphatic carbocycles. The Morgan fingerprint density at radius 3 is 2.31 bits per heavy atom. The van der Waals surface area contributed by atoms with E-state index < -0.39 is 18.0 Å². The highest BCUT2D eigenvalue weighted by atomic mass is 35.5. The molecule has 1 N–H and O–H groups in total. The maximum atomic E-state index is 11.3. The summed E-state index contributed by atoms with van der Waals surface area (Å²) in [6, 6.07) is 15.8. The molecule has 0 amide bonds. The second-order valence-corrected chi connectivity index (χ2v) is 8.26. The van der Waals surface area contributed by atoms with Gasteiger partial charge in [0.2, 0.25) is 0 Å². The second kappa shape index (κ2) is 7.92. The van der Waals surface area contributed by atoms with Crippen molar-refractivity contribution >= 4 is 23.6 Å². The summed E-state index contributed by atoms with van der Waals surface area (Å²) in [4.78, 5) is 11.3. The standard InChI is InChI=1S/C23H23ClO5/c1-23(2)28-21-18(13-20(25)26)19(27-22(21)29-23)12-5-14-3-6-15(7-4-14)16-8-10-17(24)11-9-16/h3-12,18-19,21-22H,13H2,1-2H3,(H,25,26)/b12-5+/t18-,19-,21-,22-/m1/s1. The lowest BCUT2D eigenvalue weighted by Gasteiger charge is -2.23. The van der Waals surface area contributed by atoms with E-state index in [1.54, 1.807) is 13.8 Å². The first-order valence-corrected chi connectivity index (χ1v) is 9.96. The number of halogens is 1. The summed E-state index contributed by atoms with van der Waals surface area (Å²) in [5.74, 6) is -1.94. The molecule has 2 aromatic carbocycles. The Hall–Kier alpha value is -2.18. The molecule has 2 aromatic rings. The first-order chi connectivity index (χ1) is 13.8. The average molecular weight is 415 g/mol. The summed E-state index contributed by atoms with van der Waals surface area (Å²) in [6.45, 7) is 3.61. The molecule has 2 aliphatic heterocycles. The molecule has 0 spiro atoms. The number of carboxylic acid groups (broad SMARTS) is 1. The lowest BCUT2D eigenvalue weighted by molar-refractivity contribution is -0.205. The van der Waals surface area contributed by atoms with E-state index >= 15 is 0 Å². The predicted octanol–water partition coefficient (Wildman–Crippen LogP) is 4.99. The van der Waals surface area contributed by atoms with Crippen LogP contribution in [0.3, 0.4) is 0 Å². The highest BCUT2D eigenvalue weighted by Crippen LogP contribution is 2.42. The molecule has 4 rings (SSSR count). The van der Waals surface area contributed by atoms with Crippen LogP contribution in [-0.4, -0.2) is 35.4 Å². The number of carboxylic acids is 1. The van der Waals surface area contributed by atoms with Gasteiger partial charge >= 0.3 is 5.97 Å². The first kappa shape index (κ1) is 20.1. The Labute approximate surface area is 174 Å². The monoisotopic (exact) mass is 414 g/mol. The van der Waals surface area contributed by atoms with Gasteiger partial charge in [-0.2, -0.15) is 0 Å². The summed E-state index contributed by atoms with van der Waals surface area (Å²) in [5, 5.41) is 10.0. The largest absolute Gasteiger partial charge is 0.481 e. The molecule has 0 radical (unpaired) electrons. The maximum Gasteiger partial charge on any atom is 0.303 e. The first-order valence-electron chi connectivity index (χ1n) is 9.58. The number of hydrogen-bond acceptors (Lipinski definition) is 4. The summed E-state index contributed by atoms with van der Waals surface area (Å²) >= 11 is 5.95. The molecule has 4 atom stereocenters. The normalized spacial score (nSPS) is 28.0. The van der Waals surface area contributed by atoms with Gasteiger partial charge in [0.25, 0.3) is 0 Å². The minimum Gasteiger partial charge on any atom is -0.481 e. The van der Waals surface area contributed by atoms with E-state index in [1.165, 1.54) is 0 Å². The van der Waals surface area contributed by atoms with Crippen molar-refractivity contribution in [2.45, 2.75) is 44.6 Å². The molecule has 2 saturated heterocycles. The van der Waals surface area contributed by atoms with Gasteiger partial charge in [-0.15, -0.1) is 0 Å². The Kier molecular flexibility index (Phi) is 5.49. The molecule has 0 saturated carbocycles. The van der Waals surface area contributed by atoms with E-state index in [0.29, 0.717) is 5.02 Å².